The van der Waals surface area contributed by atoms with Crippen LogP contribution in [-0.4, -0.2) is 54.0 Å². The monoisotopic (exact) mass is 357 g/mol. The summed E-state index contributed by atoms with van der Waals surface area (Å²) in [6.45, 7) is 6.58. The van der Waals surface area contributed by atoms with Gasteiger partial charge in [-0.2, -0.15) is 0 Å². The highest BCUT2D eigenvalue weighted by Crippen LogP contribution is 2.24. The lowest BCUT2D eigenvalue weighted by atomic mass is 9.84. The first-order valence-corrected chi connectivity index (χ1v) is 8.66. The molecule has 1 saturated heterocycles. The summed E-state index contributed by atoms with van der Waals surface area (Å²) in [5, 5.41) is 3.33. The quantitative estimate of drug-likeness (QED) is 0.890. The molecule has 0 radical (unpaired) electrons. The van der Waals surface area contributed by atoms with E-state index >= 15 is 0 Å². The number of nitrogens with zero attached hydrogens (tertiary/aromatic N) is 4. The van der Waals surface area contributed by atoms with Crippen molar-refractivity contribution in [3.05, 3.63) is 48.0 Å². The Balaban J connectivity index is 1.67. The van der Waals surface area contributed by atoms with Crippen molar-refractivity contribution in [1.29, 1.82) is 0 Å². The van der Waals surface area contributed by atoms with E-state index in [1.165, 1.54) is 18.5 Å². The van der Waals surface area contributed by atoms with Crippen molar-refractivity contribution in [3.63, 3.8) is 0 Å². The summed E-state index contributed by atoms with van der Waals surface area (Å²) in [7, 11) is 1.81. The molecule has 0 bridgehead atoms. The van der Waals surface area contributed by atoms with Crippen LogP contribution < -0.4 is 10.2 Å². The van der Waals surface area contributed by atoms with Gasteiger partial charge in [0.15, 0.2) is 0 Å². The number of piperazine rings is 1. The molecule has 0 atom stereocenters. The maximum atomic E-state index is 13.1. The van der Waals surface area contributed by atoms with Crippen LogP contribution >= 0.6 is 0 Å². The molecular formula is C19H24FN5O. The van der Waals surface area contributed by atoms with E-state index in [1.807, 2.05) is 18.0 Å². The summed E-state index contributed by atoms with van der Waals surface area (Å²) in [6.07, 6.45) is 1.51. The number of aromatic nitrogens is 2. The Bertz CT molecular complexity index is 778. The second-order valence-electron chi connectivity index (χ2n) is 7.24. The number of amides is 1. The Morgan fingerprint density at radius 3 is 2.62 bits per heavy atom. The van der Waals surface area contributed by atoms with E-state index in [0.29, 0.717) is 25.5 Å². The molecule has 2 aromatic rings. The number of rotatable bonds is 5. The molecule has 138 valence electrons. The number of halogens is 1. The summed E-state index contributed by atoms with van der Waals surface area (Å²) in [6, 6.07) is 8.42. The maximum absolute atomic E-state index is 13.1. The van der Waals surface area contributed by atoms with Crippen LogP contribution in [-0.2, 0) is 10.2 Å². The van der Waals surface area contributed by atoms with E-state index in [9.17, 15) is 9.18 Å². The van der Waals surface area contributed by atoms with Gasteiger partial charge in [-0.15, -0.1) is 0 Å². The SMILES string of the molecule is CN1CCN(c2cc(NCC(C)(C)c3ccc(F)cc3)ncn2)CC1=O. The maximum Gasteiger partial charge on any atom is 0.241 e. The average molecular weight is 357 g/mol. The topological polar surface area (TPSA) is 61.4 Å². The Labute approximate surface area is 153 Å². The first-order chi connectivity index (χ1) is 12.3. The molecule has 7 heteroatoms. The molecule has 0 unspecified atom stereocenters. The summed E-state index contributed by atoms with van der Waals surface area (Å²) >= 11 is 0. The summed E-state index contributed by atoms with van der Waals surface area (Å²) in [5.41, 5.74) is 0.855. The van der Waals surface area contributed by atoms with Gasteiger partial charge < -0.3 is 15.1 Å². The minimum atomic E-state index is -0.236. The first kappa shape index (κ1) is 18.1. The fourth-order valence-corrected chi connectivity index (χ4v) is 2.89. The van der Waals surface area contributed by atoms with Crippen molar-refractivity contribution in [2.24, 2.45) is 0 Å². The Morgan fingerprint density at radius 2 is 1.92 bits per heavy atom. The molecule has 1 amide bonds. The van der Waals surface area contributed by atoms with Gasteiger partial charge in [-0.05, 0) is 17.7 Å². The van der Waals surface area contributed by atoms with Gasteiger partial charge >= 0.3 is 0 Å². The number of likely N-dealkylation sites (N-methyl/N-ethyl adjacent to an activating group) is 1. The Kier molecular flexibility index (Phi) is 5.06. The lowest BCUT2D eigenvalue weighted by Gasteiger charge is -2.32. The van der Waals surface area contributed by atoms with E-state index in [4.69, 9.17) is 0 Å². The van der Waals surface area contributed by atoms with Crippen LogP contribution in [0, 0.1) is 5.82 Å². The molecule has 0 spiro atoms. The third-order valence-electron chi connectivity index (χ3n) is 4.77. The van der Waals surface area contributed by atoms with Crippen molar-refractivity contribution in [2.75, 3.05) is 43.4 Å². The van der Waals surface area contributed by atoms with E-state index < -0.39 is 0 Å². The zero-order valence-electron chi connectivity index (χ0n) is 15.4. The van der Waals surface area contributed by atoms with E-state index in [2.05, 4.69) is 29.1 Å². The van der Waals surface area contributed by atoms with Crippen molar-refractivity contribution in [1.82, 2.24) is 14.9 Å². The fraction of sp³-hybridized carbons (Fsp3) is 0.421. The molecule has 1 fully saturated rings. The number of carbonyl (C=O) groups excluding carboxylic acids is 1. The number of hydrogen-bond donors (Lipinski definition) is 1. The molecule has 1 aromatic heterocycles. The van der Waals surface area contributed by atoms with E-state index in [1.54, 1.807) is 17.0 Å². The molecular weight excluding hydrogens is 333 g/mol. The molecule has 6 nitrogen and oxygen atoms in total. The van der Waals surface area contributed by atoms with Gasteiger partial charge in [0.25, 0.3) is 0 Å². The highest BCUT2D eigenvalue weighted by molar-refractivity contribution is 5.82. The van der Waals surface area contributed by atoms with Crippen molar-refractivity contribution >= 4 is 17.5 Å². The highest BCUT2D eigenvalue weighted by atomic mass is 19.1. The predicted molar refractivity (Wildman–Crippen MR) is 99.8 cm³/mol. The van der Waals surface area contributed by atoms with Gasteiger partial charge in [-0.1, -0.05) is 26.0 Å². The molecule has 1 aliphatic rings. The van der Waals surface area contributed by atoms with E-state index in [0.717, 1.165) is 17.9 Å². The largest absolute Gasteiger partial charge is 0.369 e. The minimum absolute atomic E-state index is 0.0850. The lowest BCUT2D eigenvalue weighted by Crippen LogP contribution is -2.48. The van der Waals surface area contributed by atoms with Gasteiger partial charge in [0.2, 0.25) is 5.91 Å². The molecule has 0 aliphatic carbocycles. The Morgan fingerprint density at radius 1 is 1.19 bits per heavy atom. The molecule has 1 N–H and O–H groups in total. The molecule has 3 rings (SSSR count). The first-order valence-electron chi connectivity index (χ1n) is 8.66. The third-order valence-corrected chi connectivity index (χ3v) is 4.77. The average Bonchev–Trinajstić information content (AvgIpc) is 2.63. The number of nitrogens with one attached hydrogen (secondary N) is 1. The van der Waals surface area contributed by atoms with Crippen molar-refractivity contribution < 1.29 is 9.18 Å². The number of anilines is 2. The Hall–Kier alpha value is -2.70. The summed E-state index contributed by atoms with van der Waals surface area (Å²) in [5.74, 6) is 1.29. The third kappa shape index (κ3) is 4.09. The normalized spacial score (nSPS) is 15.3. The summed E-state index contributed by atoms with van der Waals surface area (Å²) < 4.78 is 13.1. The fourth-order valence-electron chi connectivity index (χ4n) is 2.89. The summed E-state index contributed by atoms with van der Waals surface area (Å²) in [4.78, 5) is 24.2. The van der Waals surface area contributed by atoms with Gasteiger partial charge in [0.05, 0.1) is 6.54 Å². The standard InChI is InChI=1S/C19H24FN5O/c1-19(2,14-4-6-15(20)7-5-14)12-21-16-10-17(23-13-22-16)25-9-8-24(3)18(26)11-25/h4-7,10,13H,8-9,11-12H2,1-3H3,(H,21,22,23). The number of hydrogen-bond acceptors (Lipinski definition) is 5. The molecule has 26 heavy (non-hydrogen) atoms. The van der Waals surface area contributed by atoms with Crippen LogP contribution in [0.2, 0.25) is 0 Å². The second kappa shape index (κ2) is 7.27. The van der Waals surface area contributed by atoms with Gasteiger partial charge in [0, 0.05) is 38.2 Å². The van der Waals surface area contributed by atoms with Gasteiger partial charge in [-0.3, -0.25) is 4.79 Å². The highest BCUT2D eigenvalue weighted by Gasteiger charge is 2.23. The van der Waals surface area contributed by atoms with Crippen LogP contribution in [0.4, 0.5) is 16.0 Å². The van der Waals surface area contributed by atoms with Crippen molar-refractivity contribution in [2.45, 2.75) is 19.3 Å². The van der Waals surface area contributed by atoms with Crippen LogP contribution in [0.25, 0.3) is 0 Å². The van der Waals surface area contributed by atoms with Crippen LogP contribution in [0.5, 0.6) is 0 Å². The smallest absolute Gasteiger partial charge is 0.241 e. The number of carbonyl (C=O) groups is 1. The van der Waals surface area contributed by atoms with Gasteiger partial charge in [-0.25, -0.2) is 14.4 Å². The zero-order valence-corrected chi connectivity index (χ0v) is 15.4. The molecule has 1 aromatic carbocycles. The second-order valence-corrected chi connectivity index (χ2v) is 7.24. The lowest BCUT2D eigenvalue weighted by molar-refractivity contribution is -0.129. The minimum Gasteiger partial charge on any atom is -0.369 e. The molecule has 0 saturated carbocycles. The predicted octanol–water partition coefficient (Wildman–Crippen LogP) is 2.28. The molecule has 2 heterocycles. The molecule has 1 aliphatic heterocycles. The van der Waals surface area contributed by atoms with E-state index in [-0.39, 0.29) is 17.1 Å². The van der Waals surface area contributed by atoms with Crippen LogP contribution in [0.15, 0.2) is 36.7 Å². The number of benzene rings is 1. The zero-order chi connectivity index (χ0) is 18.7. The van der Waals surface area contributed by atoms with Crippen molar-refractivity contribution in [3.8, 4) is 0 Å². The van der Waals surface area contributed by atoms with Gasteiger partial charge in [0.1, 0.15) is 23.8 Å². The van der Waals surface area contributed by atoms with Crippen LogP contribution in [0.1, 0.15) is 19.4 Å². The van der Waals surface area contributed by atoms with Crippen LogP contribution in [0.3, 0.4) is 0 Å².